The molecule has 0 aliphatic rings. The van der Waals surface area contributed by atoms with Crippen LogP contribution in [0.1, 0.15) is 26.3 Å². The quantitative estimate of drug-likeness (QED) is 0.469. The fourth-order valence-electron chi connectivity index (χ4n) is 1.42. The van der Waals surface area contributed by atoms with E-state index in [1.165, 1.54) is 0 Å². The van der Waals surface area contributed by atoms with E-state index in [2.05, 4.69) is 34.5 Å². The van der Waals surface area contributed by atoms with Gasteiger partial charge in [-0.05, 0) is 32.4 Å². The lowest BCUT2D eigenvalue weighted by molar-refractivity contribution is 0.397. The van der Waals surface area contributed by atoms with Crippen LogP contribution >= 0.6 is 24.0 Å². The summed E-state index contributed by atoms with van der Waals surface area (Å²) in [6.45, 7) is 7.66. The van der Waals surface area contributed by atoms with E-state index in [0.717, 1.165) is 18.1 Å². The number of rotatable bonds is 5. The number of methoxy groups -OCH3 is 1. The predicted octanol–water partition coefficient (Wildman–Crippen LogP) is 2.17. The fourth-order valence-corrected chi connectivity index (χ4v) is 1.42. The molecule has 0 fully saturated rings. The molecular formula is C13H23IN4O. The second-order valence-electron chi connectivity index (χ2n) is 4.20. The SMILES string of the molecule is CCNC(=NCc1ccnc(OC)c1)NC(C)C.I. The maximum Gasteiger partial charge on any atom is 0.213 e. The molecule has 5 nitrogen and oxygen atoms in total. The molecule has 1 heterocycles. The van der Waals surface area contributed by atoms with Crippen LogP contribution in [0.25, 0.3) is 0 Å². The van der Waals surface area contributed by atoms with Crippen molar-refractivity contribution in [2.24, 2.45) is 4.99 Å². The minimum atomic E-state index is 0. The molecule has 0 radical (unpaired) electrons. The Labute approximate surface area is 132 Å². The van der Waals surface area contributed by atoms with Crippen LogP contribution in [-0.2, 0) is 6.54 Å². The van der Waals surface area contributed by atoms with Crippen molar-refractivity contribution in [3.63, 3.8) is 0 Å². The molecule has 0 atom stereocenters. The molecule has 1 aromatic rings. The molecule has 0 bridgehead atoms. The highest BCUT2D eigenvalue weighted by Crippen LogP contribution is 2.09. The Morgan fingerprint density at radius 2 is 2.21 bits per heavy atom. The van der Waals surface area contributed by atoms with Gasteiger partial charge in [0.25, 0.3) is 0 Å². The number of aromatic nitrogens is 1. The van der Waals surface area contributed by atoms with Crippen LogP contribution < -0.4 is 15.4 Å². The van der Waals surface area contributed by atoms with Crippen molar-refractivity contribution < 1.29 is 4.74 Å². The lowest BCUT2D eigenvalue weighted by atomic mass is 10.3. The van der Waals surface area contributed by atoms with E-state index in [1.54, 1.807) is 13.3 Å². The molecule has 0 saturated carbocycles. The molecule has 1 aromatic heterocycles. The van der Waals surface area contributed by atoms with Crippen molar-refractivity contribution in [1.82, 2.24) is 15.6 Å². The van der Waals surface area contributed by atoms with E-state index in [0.29, 0.717) is 18.5 Å². The predicted molar refractivity (Wildman–Crippen MR) is 89.3 cm³/mol. The number of hydrogen-bond acceptors (Lipinski definition) is 3. The van der Waals surface area contributed by atoms with Crippen LogP contribution in [0.15, 0.2) is 23.3 Å². The fraction of sp³-hybridized carbons (Fsp3) is 0.538. The van der Waals surface area contributed by atoms with Crippen LogP contribution in [0.4, 0.5) is 0 Å². The zero-order chi connectivity index (χ0) is 13.4. The lowest BCUT2D eigenvalue weighted by Gasteiger charge is -2.13. The Bertz CT molecular complexity index is 396. The number of nitrogens with one attached hydrogen (secondary N) is 2. The van der Waals surface area contributed by atoms with Crippen LogP contribution in [0, 0.1) is 0 Å². The van der Waals surface area contributed by atoms with Gasteiger partial charge >= 0.3 is 0 Å². The Morgan fingerprint density at radius 3 is 2.79 bits per heavy atom. The Kier molecular flexibility index (Phi) is 9.28. The van der Waals surface area contributed by atoms with Crippen LogP contribution in [-0.4, -0.2) is 30.6 Å². The first-order valence-corrected chi connectivity index (χ1v) is 6.19. The second-order valence-corrected chi connectivity index (χ2v) is 4.20. The average Bonchev–Trinajstić information content (AvgIpc) is 2.36. The lowest BCUT2D eigenvalue weighted by Crippen LogP contribution is -2.40. The standard InChI is InChI=1S/C13H22N4O.HI/c1-5-14-13(17-10(2)3)16-9-11-6-7-15-12(8-11)18-4;/h6-8,10H,5,9H2,1-4H3,(H2,14,16,17);1H. The van der Waals surface area contributed by atoms with Gasteiger partial charge in [0.05, 0.1) is 13.7 Å². The molecule has 0 amide bonds. The number of guanidine groups is 1. The van der Waals surface area contributed by atoms with E-state index < -0.39 is 0 Å². The van der Waals surface area contributed by atoms with Gasteiger partial charge in [0.2, 0.25) is 5.88 Å². The molecule has 0 aliphatic carbocycles. The van der Waals surface area contributed by atoms with Crippen LogP contribution in [0.5, 0.6) is 5.88 Å². The molecule has 19 heavy (non-hydrogen) atoms. The van der Waals surface area contributed by atoms with Gasteiger partial charge in [-0.25, -0.2) is 9.98 Å². The van der Waals surface area contributed by atoms with Gasteiger partial charge in [-0.1, -0.05) is 0 Å². The molecule has 1 rings (SSSR count). The Balaban J connectivity index is 0.00000324. The largest absolute Gasteiger partial charge is 0.481 e. The Morgan fingerprint density at radius 1 is 1.47 bits per heavy atom. The number of aliphatic imine (C=N–C) groups is 1. The molecule has 0 aliphatic heterocycles. The minimum Gasteiger partial charge on any atom is -0.481 e. The maximum absolute atomic E-state index is 5.08. The van der Waals surface area contributed by atoms with Crippen LogP contribution in [0.3, 0.4) is 0 Å². The van der Waals surface area contributed by atoms with Crippen LogP contribution in [0.2, 0.25) is 0 Å². The van der Waals surface area contributed by atoms with Gasteiger partial charge in [-0.2, -0.15) is 0 Å². The van der Waals surface area contributed by atoms with Crippen molar-refractivity contribution in [1.29, 1.82) is 0 Å². The third-order valence-electron chi connectivity index (χ3n) is 2.20. The van der Waals surface area contributed by atoms with Gasteiger partial charge in [0.1, 0.15) is 0 Å². The van der Waals surface area contributed by atoms with Crippen molar-refractivity contribution in [3.05, 3.63) is 23.9 Å². The molecule has 2 N–H and O–H groups in total. The summed E-state index contributed by atoms with van der Waals surface area (Å²) in [6, 6.07) is 4.18. The molecule has 0 aromatic carbocycles. The molecule has 0 spiro atoms. The normalized spacial score (nSPS) is 10.9. The van der Waals surface area contributed by atoms with Gasteiger partial charge in [0, 0.05) is 24.8 Å². The van der Waals surface area contributed by atoms with Gasteiger partial charge in [-0.3, -0.25) is 0 Å². The summed E-state index contributed by atoms with van der Waals surface area (Å²) in [5, 5.41) is 6.48. The summed E-state index contributed by atoms with van der Waals surface area (Å²) < 4.78 is 5.08. The molecule has 0 saturated heterocycles. The van der Waals surface area contributed by atoms with E-state index >= 15 is 0 Å². The summed E-state index contributed by atoms with van der Waals surface area (Å²) >= 11 is 0. The number of ether oxygens (including phenoxy) is 1. The van der Waals surface area contributed by atoms with Gasteiger partial charge < -0.3 is 15.4 Å². The average molecular weight is 378 g/mol. The number of nitrogens with zero attached hydrogens (tertiary/aromatic N) is 2. The monoisotopic (exact) mass is 378 g/mol. The molecule has 108 valence electrons. The van der Waals surface area contributed by atoms with E-state index in [1.807, 2.05) is 19.1 Å². The summed E-state index contributed by atoms with van der Waals surface area (Å²) in [5.41, 5.74) is 1.07. The van der Waals surface area contributed by atoms with Crippen molar-refractivity contribution in [3.8, 4) is 5.88 Å². The molecule has 6 heteroatoms. The van der Waals surface area contributed by atoms with Gasteiger partial charge in [-0.15, -0.1) is 24.0 Å². The van der Waals surface area contributed by atoms with Gasteiger partial charge in [0.15, 0.2) is 5.96 Å². The highest BCUT2D eigenvalue weighted by Gasteiger charge is 2.00. The summed E-state index contributed by atoms with van der Waals surface area (Å²) in [5.74, 6) is 1.44. The van der Waals surface area contributed by atoms with E-state index in [4.69, 9.17) is 4.74 Å². The smallest absolute Gasteiger partial charge is 0.213 e. The van der Waals surface area contributed by atoms with E-state index in [9.17, 15) is 0 Å². The number of hydrogen-bond donors (Lipinski definition) is 2. The highest BCUT2D eigenvalue weighted by atomic mass is 127. The van der Waals surface area contributed by atoms with Crippen molar-refractivity contribution in [2.75, 3.05) is 13.7 Å². The van der Waals surface area contributed by atoms with E-state index in [-0.39, 0.29) is 24.0 Å². The molecular weight excluding hydrogens is 355 g/mol. The second kappa shape index (κ2) is 9.82. The molecule has 0 unspecified atom stereocenters. The summed E-state index contributed by atoms with van der Waals surface area (Å²) in [7, 11) is 1.61. The first-order chi connectivity index (χ1) is 8.65. The first kappa shape index (κ1) is 17.9. The zero-order valence-electron chi connectivity index (χ0n) is 11.9. The maximum atomic E-state index is 5.08. The third kappa shape index (κ3) is 7.19. The summed E-state index contributed by atoms with van der Waals surface area (Å²) in [4.78, 5) is 8.58. The minimum absolute atomic E-state index is 0. The number of halogens is 1. The number of pyridine rings is 1. The zero-order valence-corrected chi connectivity index (χ0v) is 14.3. The Hall–Kier alpha value is -1.05. The first-order valence-electron chi connectivity index (χ1n) is 6.19. The third-order valence-corrected chi connectivity index (χ3v) is 2.20. The highest BCUT2D eigenvalue weighted by molar-refractivity contribution is 14.0. The van der Waals surface area contributed by atoms with Crippen molar-refractivity contribution >= 4 is 29.9 Å². The van der Waals surface area contributed by atoms with Crippen molar-refractivity contribution in [2.45, 2.75) is 33.4 Å². The topological polar surface area (TPSA) is 58.5 Å². The summed E-state index contributed by atoms with van der Waals surface area (Å²) in [6.07, 6.45) is 1.73.